The Kier molecular flexibility index (Phi) is 5.05. The molecular weight excluding hydrogens is 314 g/mol. The first kappa shape index (κ1) is 17.0. The van der Waals surface area contributed by atoms with Crippen molar-refractivity contribution in [1.82, 2.24) is 0 Å². The molecule has 2 rings (SSSR count). The highest BCUT2D eigenvalue weighted by Crippen LogP contribution is 2.26. The summed E-state index contributed by atoms with van der Waals surface area (Å²) >= 11 is 0. The van der Waals surface area contributed by atoms with E-state index in [-0.39, 0.29) is 11.8 Å². The largest absolute Gasteiger partial charge is 0.465 e. The Morgan fingerprint density at radius 2 is 1.78 bits per heavy atom. The lowest BCUT2D eigenvalue weighted by molar-refractivity contribution is 0.0600. The number of rotatable bonds is 5. The molecule has 6 heteroatoms. The van der Waals surface area contributed by atoms with Crippen LogP contribution in [0.1, 0.15) is 15.9 Å². The number of carbonyl (C=O) groups is 1. The van der Waals surface area contributed by atoms with Gasteiger partial charge in [-0.15, -0.1) is 0 Å². The highest BCUT2D eigenvalue weighted by Gasteiger charge is 2.08. The molecule has 0 amide bonds. The Morgan fingerprint density at radius 1 is 1.13 bits per heavy atom. The summed E-state index contributed by atoms with van der Waals surface area (Å²) in [6.07, 6.45) is 1.18. The maximum atomic E-state index is 11.4. The molecule has 0 aromatic heterocycles. The number of carbonyl (C=O) groups excluding carboxylic acids is 1. The molecule has 23 heavy (non-hydrogen) atoms. The average molecular weight is 333 g/mol. The minimum atomic E-state index is -3.07. The summed E-state index contributed by atoms with van der Waals surface area (Å²) in [5, 5.41) is 2.89. The van der Waals surface area contributed by atoms with Crippen molar-refractivity contribution in [3.05, 3.63) is 53.6 Å². The molecule has 0 bridgehead atoms. The van der Waals surface area contributed by atoms with Gasteiger partial charge in [0.25, 0.3) is 0 Å². The number of ether oxygens (including phenoxy) is 1. The van der Waals surface area contributed by atoms with Crippen molar-refractivity contribution >= 4 is 21.5 Å². The molecule has 0 atom stereocenters. The lowest BCUT2D eigenvalue weighted by atomic mass is 9.99. The van der Waals surface area contributed by atoms with Crippen molar-refractivity contribution in [2.75, 3.05) is 24.6 Å². The molecule has 0 saturated heterocycles. The van der Waals surface area contributed by atoms with Gasteiger partial charge in [0.15, 0.2) is 9.84 Å². The second kappa shape index (κ2) is 6.83. The Bertz CT molecular complexity index is 811. The molecule has 122 valence electrons. The van der Waals surface area contributed by atoms with Gasteiger partial charge in [-0.3, -0.25) is 0 Å². The van der Waals surface area contributed by atoms with E-state index in [1.807, 2.05) is 37.3 Å². The van der Waals surface area contributed by atoms with E-state index in [1.165, 1.54) is 13.4 Å². The van der Waals surface area contributed by atoms with Crippen molar-refractivity contribution in [2.45, 2.75) is 6.92 Å². The zero-order chi connectivity index (χ0) is 17.0. The minimum Gasteiger partial charge on any atom is -0.465 e. The van der Waals surface area contributed by atoms with Gasteiger partial charge in [0.1, 0.15) is 5.88 Å². The zero-order valence-electron chi connectivity index (χ0n) is 13.3. The second-order valence-electron chi connectivity index (χ2n) is 5.35. The summed E-state index contributed by atoms with van der Waals surface area (Å²) in [6, 6.07) is 12.8. The van der Waals surface area contributed by atoms with Crippen molar-refractivity contribution in [3.8, 4) is 11.1 Å². The summed E-state index contributed by atoms with van der Waals surface area (Å²) in [5.74, 6) is -0.465. The molecular formula is C17H19NO4S. The van der Waals surface area contributed by atoms with Crippen molar-refractivity contribution in [1.29, 1.82) is 0 Å². The highest BCUT2D eigenvalue weighted by molar-refractivity contribution is 7.90. The topological polar surface area (TPSA) is 72.5 Å². The fraction of sp³-hybridized carbons (Fsp3) is 0.235. The van der Waals surface area contributed by atoms with E-state index in [4.69, 9.17) is 0 Å². The molecule has 0 heterocycles. The van der Waals surface area contributed by atoms with Crippen LogP contribution in [0.2, 0.25) is 0 Å². The molecule has 0 saturated carbocycles. The Morgan fingerprint density at radius 3 is 2.30 bits per heavy atom. The molecule has 0 radical (unpaired) electrons. The molecule has 0 spiro atoms. The van der Waals surface area contributed by atoms with E-state index in [9.17, 15) is 13.2 Å². The first-order valence-corrected chi connectivity index (χ1v) is 9.07. The Hall–Kier alpha value is -2.34. The van der Waals surface area contributed by atoms with Gasteiger partial charge in [0.05, 0.1) is 12.7 Å². The Labute approximate surface area is 136 Å². The maximum Gasteiger partial charge on any atom is 0.337 e. The summed E-state index contributed by atoms with van der Waals surface area (Å²) in [6.45, 7) is 1.95. The molecule has 0 aliphatic heterocycles. The molecule has 2 aromatic carbocycles. The number of sulfone groups is 1. The van der Waals surface area contributed by atoms with Gasteiger partial charge in [-0.2, -0.15) is 0 Å². The summed E-state index contributed by atoms with van der Waals surface area (Å²) < 4.78 is 27.1. The van der Waals surface area contributed by atoms with Crippen molar-refractivity contribution < 1.29 is 17.9 Å². The lowest BCUT2D eigenvalue weighted by Crippen LogP contribution is -2.12. The van der Waals surface area contributed by atoms with Gasteiger partial charge < -0.3 is 10.1 Å². The van der Waals surface area contributed by atoms with Gasteiger partial charge >= 0.3 is 5.97 Å². The normalized spacial score (nSPS) is 11.1. The second-order valence-corrected chi connectivity index (χ2v) is 7.49. The van der Waals surface area contributed by atoms with Gasteiger partial charge in [-0.25, -0.2) is 13.2 Å². The van der Waals surface area contributed by atoms with E-state index in [0.717, 1.165) is 22.4 Å². The molecule has 0 aliphatic carbocycles. The van der Waals surface area contributed by atoms with Gasteiger partial charge in [0.2, 0.25) is 0 Å². The third-order valence-corrected chi connectivity index (χ3v) is 4.05. The molecule has 0 fully saturated rings. The predicted molar refractivity (Wildman–Crippen MR) is 91.3 cm³/mol. The Balaban J connectivity index is 2.22. The first-order chi connectivity index (χ1) is 10.8. The fourth-order valence-electron chi connectivity index (χ4n) is 2.22. The smallest absolute Gasteiger partial charge is 0.337 e. The van der Waals surface area contributed by atoms with Crippen LogP contribution in [0.15, 0.2) is 42.5 Å². The molecule has 1 N–H and O–H groups in total. The van der Waals surface area contributed by atoms with Crippen LogP contribution < -0.4 is 5.32 Å². The van der Waals surface area contributed by atoms with E-state index in [1.54, 1.807) is 12.1 Å². The predicted octanol–water partition coefficient (Wildman–Crippen LogP) is 2.86. The maximum absolute atomic E-state index is 11.4. The van der Waals surface area contributed by atoms with Crippen LogP contribution in [0.4, 0.5) is 5.69 Å². The zero-order valence-corrected chi connectivity index (χ0v) is 14.1. The van der Waals surface area contributed by atoms with Crippen LogP contribution in [0, 0.1) is 6.92 Å². The van der Waals surface area contributed by atoms with Crippen LogP contribution in [-0.2, 0) is 14.6 Å². The van der Waals surface area contributed by atoms with Crippen LogP contribution in [0.5, 0.6) is 0 Å². The summed E-state index contributed by atoms with van der Waals surface area (Å²) in [4.78, 5) is 11.4. The number of hydrogen-bond acceptors (Lipinski definition) is 5. The quantitative estimate of drug-likeness (QED) is 0.852. The van der Waals surface area contributed by atoms with Crippen molar-refractivity contribution in [2.24, 2.45) is 0 Å². The molecule has 5 nitrogen and oxygen atoms in total. The van der Waals surface area contributed by atoms with Crippen LogP contribution in [-0.4, -0.2) is 33.6 Å². The number of nitrogens with one attached hydrogen (secondary N) is 1. The number of aryl methyl sites for hydroxylation is 1. The monoisotopic (exact) mass is 333 g/mol. The number of anilines is 1. The first-order valence-electron chi connectivity index (χ1n) is 7.01. The fourth-order valence-corrected chi connectivity index (χ4v) is 2.64. The SMILES string of the molecule is COC(=O)c1ccc(-c2ccc(NCS(C)(=O)=O)cc2C)cc1. The standard InChI is InChI=1S/C17H19NO4S/c1-12-10-15(18-11-23(3,20)21)8-9-16(12)13-4-6-14(7-5-13)17(19)22-2/h4-10,18H,11H2,1-3H3. The summed E-state index contributed by atoms with van der Waals surface area (Å²) in [5.41, 5.74) is 4.26. The number of esters is 1. The van der Waals surface area contributed by atoms with Gasteiger partial charge in [-0.05, 0) is 47.9 Å². The van der Waals surface area contributed by atoms with Gasteiger partial charge in [0, 0.05) is 11.9 Å². The van der Waals surface area contributed by atoms with Crippen LogP contribution >= 0.6 is 0 Å². The highest BCUT2D eigenvalue weighted by atomic mass is 32.2. The average Bonchev–Trinajstić information content (AvgIpc) is 2.52. The molecule has 0 unspecified atom stereocenters. The molecule has 0 aliphatic rings. The lowest BCUT2D eigenvalue weighted by Gasteiger charge is -2.11. The van der Waals surface area contributed by atoms with Crippen molar-refractivity contribution in [3.63, 3.8) is 0 Å². The van der Waals surface area contributed by atoms with Crippen LogP contribution in [0.3, 0.4) is 0 Å². The van der Waals surface area contributed by atoms with Crippen LogP contribution in [0.25, 0.3) is 11.1 Å². The van der Waals surface area contributed by atoms with E-state index in [2.05, 4.69) is 10.1 Å². The van der Waals surface area contributed by atoms with E-state index in [0.29, 0.717) is 5.56 Å². The third-order valence-electron chi connectivity index (χ3n) is 3.38. The minimum absolute atomic E-state index is 0.0976. The van der Waals surface area contributed by atoms with Gasteiger partial charge in [-0.1, -0.05) is 18.2 Å². The van der Waals surface area contributed by atoms with E-state index < -0.39 is 9.84 Å². The molecule has 2 aromatic rings. The summed E-state index contributed by atoms with van der Waals surface area (Å²) in [7, 11) is -1.72. The van der Waals surface area contributed by atoms with E-state index >= 15 is 0 Å². The number of methoxy groups -OCH3 is 1. The number of benzene rings is 2. The number of hydrogen-bond donors (Lipinski definition) is 1. The third kappa shape index (κ3) is 4.56.